The zero-order chi connectivity index (χ0) is 24.4. The Balaban J connectivity index is 1.49. The number of hydrogen-bond acceptors (Lipinski definition) is 2. The summed E-state index contributed by atoms with van der Waals surface area (Å²) >= 11 is 6.57. The first-order valence-corrected chi connectivity index (χ1v) is 12.1. The van der Waals surface area contributed by atoms with Crippen molar-refractivity contribution in [1.82, 2.24) is 0 Å². The summed E-state index contributed by atoms with van der Waals surface area (Å²) in [7, 11) is 0. The topological polar surface area (TPSA) is 46.5 Å². The first-order valence-electron chi connectivity index (χ1n) is 11.7. The SMILES string of the molecule is O=C(O)c1ccccc1Oc1ccc2c(c1)-c1ccccc1C21c2ccccc2-c2ccc(Cl)cc21. The Kier molecular flexibility index (Phi) is 4.42. The van der Waals surface area contributed by atoms with Crippen LogP contribution in [0.1, 0.15) is 32.6 Å². The van der Waals surface area contributed by atoms with Crippen LogP contribution in [-0.4, -0.2) is 11.1 Å². The molecular formula is C32H19ClO3. The van der Waals surface area contributed by atoms with Crippen LogP contribution in [-0.2, 0) is 5.41 Å². The van der Waals surface area contributed by atoms with Gasteiger partial charge in [0.15, 0.2) is 0 Å². The van der Waals surface area contributed by atoms with Crippen LogP contribution in [0.15, 0.2) is 109 Å². The van der Waals surface area contributed by atoms with Gasteiger partial charge in [-0.05, 0) is 80.9 Å². The summed E-state index contributed by atoms with van der Waals surface area (Å²) in [6, 6.07) is 35.9. The van der Waals surface area contributed by atoms with Gasteiger partial charge in [-0.3, -0.25) is 0 Å². The molecule has 0 saturated carbocycles. The van der Waals surface area contributed by atoms with E-state index in [1.54, 1.807) is 24.3 Å². The fourth-order valence-electron chi connectivity index (χ4n) is 6.02. The van der Waals surface area contributed by atoms with Crippen LogP contribution in [0.25, 0.3) is 22.3 Å². The van der Waals surface area contributed by atoms with E-state index in [-0.39, 0.29) is 5.56 Å². The second-order valence-electron chi connectivity index (χ2n) is 9.14. The molecule has 1 atom stereocenters. The highest BCUT2D eigenvalue weighted by molar-refractivity contribution is 6.30. The zero-order valence-electron chi connectivity index (χ0n) is 19.0. The Morgan fingerprint density at radius 2 is 1.25 bits per heavy atom. The molecule has 36 heavy (non-hydrogen) atoms. The van der Waals surface area contributed by atoms with Crippen LogP contribution >= 0.6 is 11.6 Å². The average Bonchev–Trinajstić information content (AvgIpc) is 3.35. The predicted molar refractivity (Wildman–Crippen MR) is 141 cm³/mol. The second kappa shape index (κ2) is 7.58. The zero-order valence-corrected chi connectivity index (χ0v) is 19.8. The number of aromatic carboxylic acids is 1. The molecule has 2 aliphatic carbocycles. The number of ether oxygens (including phenoxy) is 1. The summed E-state index contributed by atoms with van der Waals surface area (Å²) in [5.74, 6) is -0.117. The van der Waals surface area contributed by atoms with E-state index >= 15 is 0 Å². The highest BCUT2D eigenvalue weighted by Crippen LogP contribution is 2.63. The van der Waals surface area contributed by atoms with E-state index in [0.29, 0.717) is 16.5 Å². The van der Waals surface area contributed by atoms with Crippen molar-refractivity contribution in [2.75, 3.05) is 0 Å². The molecule has 0 fully saturated rings. The standard InChI is InChI=1S/C32H19ClO3/c33-19-13-15-23-21-7-1-4-10-26(21)32(29(23)17-19)27-11-5-2-8-22(27)25-18-20(14-16-28(25)32)36-30-12-6-3-9-24(30)31(34)35/h1-18H,(H,34,35). The number of carboxylic acids is 1. The molecule has 5 aromatic rings. The molecule has 0 heterocycles. The lowest BCUT2D eigenvalue weighted by atomic mass is 9.70. The number of halogens is 1. The number of benzene rings is 5. The summed E-state index contributed by atoms with van der Waals surface area (Å²) < 4.78 is 6.12. The molecule has 1 unspecified atom stereocenters. The monoisotopic (exact) mass is 486 g/mol. The first kappa shape index (κ1) is 21.0. The van der Waals surface area contributed by atoms with Crippen molar-refractivity contribution in [2.24, 2.45) is 0 Å². The van der Waals surface area contributed by atoms with E-state index in [1.165, 1.54) is 27.8 Å². The van der Waals surface area contributed by atoms with Gasteiger partial charge in [-0.25, -0.2) is 4.79 Å². The number of fused-ring (bicyclic) bond motifs is 10. The number of para-hydroxylation sites is 1. The molecule has 7 rings (SSSR count). The Labute approximate surface area is 213 Å². The van der Waals surface area contributed by atoms with Crippen molar-refractivity contribution in [3.63, 3.8) is 0 Å². The molecule has 172 valence electrons. The van der Waals surface area contributed by atoms with Crippen molar-refractivity contribution >= 4 is 17.6 Å². The van der Waals surface area contributed by atoms with Gasteiger partial charge >= 0.3 is 5.97 Å². The van der Waals surface area contributed by atoms with Gasteiger partial charge in [-0.2, -0.15) is 0 Å². The van der Waals surface area contributed by atoms with Crippen LogP contribution in [0.5, 0.6) is 11.5 Å². The van der Waals surface area contributed by atoms with Crippen LogP contribution < -0.4 is 4.74 Å². The maximum absolute atomic E-state index is 11.7. The molecule has 0 aromatic heterocycles. The van der Waals surface area contributed by atoms with Crippen molar-refractivity contribution in [3.05, 3.63) is 142 Å². The lowest BCUT2D eigenvalue weighted by molar-refractivity contribution is 0.0694. The van der Waals surface area contributed by atoms with E-state index in [9.17, 15) is 9.90 Å². The molecular weight excluding hydrogens is 468 g/mol. The quantitative estimate of drug-likeness (QED) is 0.274. The highest BCUT2D eigenvalue weighted by Gasteiger charge is 2.51. The van der Waals surface area contributed by atoms with Crippen LogP contribution in [0.4, 0.5) is 0 Å². The molecule has 2 aliphatic rings. The Hall–Kier alpha value is -4.34. The molecule has 5 aromatic carbocycles. The van der Waals surface area contributed by atoms with Gasteiger partial charge in [-0.1, -0.05) is 84.4 Å². The number of carboxylic acid groups (broad SMARTS) is 1. The molecule has 3 nitrogen and oxygen atoms in total. The van der Waals surface area contributed by atoms with Gasteiger partial charge in [0.05, 0.1) is 5.41 Å². The molecule has 1 spiro atoms. The molecule has 0 amide bonds. The third-order valence-corrected chi connectivity index (χ3v) is 7.60. The fourth-order valence-corrected chi connectivity index (χ4v) is 6.19. The summed E-state index contributed by atoms with van der Waals surface area (Å²) in [6.45, 7) is 0. The third-order valence-electron chi connectivity index (χ3n) is 7.37. The Bertz CT molecular complexity index is 1720. The lowest BCUT2D eigenvalue weighted by Gasteiger charge is -2.30. The third kappa shape index (κ3) is 2.72. The summed E-state index contributed by atoms with van der Waals surface area (Å²) in [5, 5.41) is 10.3. The fraction of sp³-hybridized carbons (Fsp3) is 0.0312. The smallest absolute Gasteiger partial charge is 0.339 e. The van der Waals surface area contributed by atoms with Gasteiger partial charge in [-0.15, -0.1) is 0 Å². The molecule has 0 aliphatic heterocycles. The number of carbonyl (C=O) groups is 1. The van der Waals surface area contributed by atoms with E-state index in [2.05, 4.69) is 66.7 Å². The minimum absolute atomic E-state index is 0.128. The van der Waals surface area contributed by atoms with E-state index in [4.69, 9.17) is 16.3 Å². The van der Waals surface area contributed by atoms with Gasteiger partial charge in [0.2, 0.25) is 0 Å². The molecule has 0 saturated heterocycles. The molecule has 0 bridgehead atoms. The predicted octanol–water partition coefficient (Wildman–Crippen LogP) is 8.17. The van der Waals surface area contributed by atoms with Crippen molar-refractivity contribution < 1.29 is 14.6 Å². The van der Waals surface area contributed by atoms with Gasteiger partial charge < -0.3 is 9.84 Å². The minimum Gasteiger partial charge on any atom is -0.478 e. The lowest BCUT2D eigenvalue weighted by Crippen LogP contribution is -2.25. The van der Waals surface area contributed by atoms with E-state index < -0.39 is 11.4 Å². The average molecular weight is 487 g/mol. The van der Waals surface area contributed by atoms with Crippen molar-refractivity contribution in [1.29, 1.82) is 0 Å². The highest BCUT2D eigenvalue weighted by atomic mass is 35.5. The van der Waals surface area contributed by atoms with Gasteiger partial charge in [0.25, 0.3) is 0 Å². The number of rotatable bonds is 3. The summed E-state index contributed by atoms with van der Waals surface area (Å²) in [5.41, 5.74) is 9.02. The van der Waals surface area contributed by atoms with Crippen LogP contribution in [0.2, 0.25) is 5.02 Å². The van der Waals surface area contributed by atoms with E-state index in [0.717, 1.165) is 16.7 Å². The van der Waals surface area contributed by atoms with Gasteiger partial charge in [0.1, 0.15) is 17.1 Å². The van der Waals surface area contributed by atoms with Crippen molar-refractivity contribution in [3.8, 4) is 33.8 Å². The van der Waals surface area contributed by atoms with E-state index in [1.807, 2.05) is 18.2 Å². The molecule has 0 radical (unpaired) electrons. The normalized spacial score (nSPS) is 16.2. The van der Waals surface area contributed by atoms with Crippen molar-refractivity contribution in [2.45, 2.75) is 5.41 Å². The molecule has 4 heteroatoms. The van der Waals surface area contributed by atoms with Crippen LogP contribution in [0, 0.1) is 0 Å². The van der Waals surface area contributed by atoms with Gasteiger partial charge in [0, 0.05) is 5.02 Å². The second-order valence-corrected chi connectivity index (χ2v) is 9.58. The Morgan fingerprint density at radius 3 is 2.00 bits per heavy atom. The largest absolute Gasteiger partial charge is 0.478 e. The first-order chi connectivity index (χ1) is 17.6. The maximum Gasteiger partial charge on any atom is 0.339 e. The minimum atomic E-state index is -1.02. The number of hydrogen-bond donors (Lipinski definition) is 1. The summed E-state index contributed by atoms with van der Waals surface area (Å²) in [6.07, 6.45) is 0. The maximum atomic E-state index is 11.7. The Morgan fingerprint density at radius 1 is 0.639 bits per heavy atom. The molecule has 1 N–H and O–H groups in total. The summed E-state index contributed by atoms with van der Waals surface area (Å²) in [4.78, 5) is 11.7. The van der Waals surface area contributed by atoms with Crippen LogP contribution in [0.3, 0.4) is 0 Å².